The molecule has 6 heteroatoms. The lowest BCUT2D eigenvalue weighted by Crippen LogP contribution is -2.15. The second kappa shape index (κ2) is 10.8. The van der Waals surface area contributed by atoms with Crippen LogP contribution in [0, 0.1) is 13.8 Å². The van der Waals surface area contributed by atoms with E-state index in [0.29, 0.717) is 6.61 Å². The largest absolute Gasteiger partial charge is 0.489 e. The van der Waals surface area contributed by atoms with Crippen molar-refractivity contribution in [3.8, 4) is 11.4 Å². The van der Waals surface area contributed by atoms with Crippen molar-refractivity contribution in [3.63, 3.8) is 0 Å². The fraction of sp³-hybridized carbons (Fsp3) is 0.200. The summed E-state index contributed by atoms with van der Waals surface area (Å²) in [5, 5.41) is 8.29. The molecular weight excluding hydrogens is 408 g/mol. The summed E-state index contributed by atoms with van der Waals surface area (Å²) in [6.45, 7) is 6.16. The number of nitrogens with zero attached hydrogens (tertiary/aromatic N) is 3. The highest BCUT2D eigenvalue weighted by Gasteiger charge is 2.12. The molecule has 0 unspecified atom stereocenters. The van der Waals surface area contributed by atoms with E-state index in [1.807, 2.05) is 59.4 Å². The maximum atomic E-state index is 6.04. The molecule has 0 fully saturated rings. The third kappa shape index (κ3) is 5.51. The Hall–Kier alpha value is -3.15. The molecule has 0 radical (unpaired) electrons. The van der Waals surface area contributed by atoms with Crippen molar-refractivity contribution < 1.29 is 4.74 Å². The normalized spacial score (nSPS) is 10.5. The first kappa shape index (κ1) is 22.5. The monoisotopic (exact) mass is 434 g/mol. The summed E-state index contributed by atoms with van der Waals surface area (Å²) in [5.74, 6) is 0.891. The average molecular weight is 435 g/mol. The van der Waals surface area contributed by atoms with Gasteiger partial charge in [0.05, 0.1) is 11.4 Å². The van der Waals surface area contributed by atoms with Crippen LogP contribution in [-0.4, -0.2) is 14.8 Å². The molecule has 31 heavy (non-hydrogen) atoms. The molecule has 0 bridgehead atoms. The number of rotatable bonds is 8. The van der Waals surface area contributed by atoms with Crippen molar-refractivity contribution in [2.75, 3.05) is 0 Å². The van der Waals surface area contributed by atoms with Crippen LogP contribution in [0.25, 0.3) is 5.69 Å². The molecule has 0 aliphatic carbocycles. The van der Waals surface area contributed by atoms with Gasteiger partial charge in [0, 0.05) is 47.9 Å². The molecule has 5 nitrogen and oxygen atoms in total. The van der Waals surface area contributed by atoms with E-state index in [4.69, 9.17) is 9.84 Å². The molecule has 1 N–H and O–H groups in total. The Balaban J connectivity index is 0.00000272. The van der Waals surface area contributed by atoms with Crippen LogP contribution in [0.1, 0.15) is 28.1 Å². The van der Waals surface area contributed by atoms with Gasteiger partial charge in [-0.15, -0.1) is 12.4 Å². The van der Waals surface area contributed by atoms with Gasteiger partial charge in [0.25, 0.3) is 0 Å². The summed E-state index contributed by atoms with van der Waals surface area (Å²) in [5.41, 5.74) is 6.70. The van der Waals surface area contributed by atoms with Gasteiger partial charge < -0.3 is 10.1 Å². The lowest BCUT2D eigenvalue weighted by molar-refractivity contribution is 0.301. The zero-order chi connectivity index (χ0) is 20.8. The number of nitrogens with one attached hydrogen (secondary N) is 1. The highest BCUT2D eigenvalue weighted by molar-refractivity contribution is 5.85. The van der Waals surface area contributed by atoms with Crippen molar-refractivity contribution in [1.29, 1.82) is 0 Å². The fourth-order valence-corrected chi connectivity index (χ4v) is 3.51. The Morgan fingerprint density at radius 2 is 1.68 bits per heavy atom. The van der Waals surface area contributed by atoms with Crippen molar-refractivity contribution in [2.24, 2.45) is 0 Å². The number of pyridine rings is 1. The van der Waals surface area contributed by atoms with E-state index in [1.165, 1.54) is 5.56 Å². The van der Waals surface area contributed by atoms with E-state index in [9.17, 15) is 0 Å². The van der Waals surface area contributed by atoms with E-state index >= 15 is 0 Å². The topological polar surface area (TPSA) is 52.0 Å². The number of para-hydroxylation sites is 2. The predicted molar refractivity (Wildman–Crippen MR) is 126 cm³/mol. The number of aromatic nitrogens is 3. The standard InChI is InChI=1S/C25H26N4O.ClH/c1-19-24(20(2)29(28-19)23-11-4-3-5-12-23)17-27-16-22-10-6-7-13-25(22)30-18-21-9-8-14-26-15-21;/h3-15,27H,16-18H2,1-2H3;1H. The second-order valence-electron chi connectivity index (χ2n) is 7.26. The number of ether oxygens (including phenoxy) is 1. The minimum Gasteiger partial charge on any atom is -0.489 e. The summed E-state index contributed by atoms with van der Waals surface area (Å²) in [4.78, 5) is 4.14. The Morgan fingerprint density at radius 1 is 0.903 bits per heavy atom. The molecule has 160 valence electrons. The molecule has 4 aromatic rings. The van der Waals surface area contributed by atoms with E-state index < -0.39 is 0 Å². The quantitative estimate of drug-likeness (QED) is 0.415. The summed E-state index contributed by atoms with van der Waals surface area (Å²) in [6, 6.07) is 22.3. The van der Waals surface area contributed by atoms with Gasteiger partial charge in [-0.2, -0.15) is 5.10 Å². The molecule has 0 aliphatic heterocycles. The van der Waals surface area contributed by atoms with Gasteiger partial charge in [-0.25, -0.2) is 4.68 Å². The molecule has 2 aromatic heterocycles. The van der Waals surface area contributed by atoms with Gasteiger partial charge in [0.15, 0.2) is 0 Å². The van der Waals surface area contributed by atoms with Crippen LogP contribution in [0.4, 0.5) is 0 Å². The van der Waals surface area contributed by atoms with Crippen LogP contribution < -0.4 is 10.1 Å². The number of benzene rings is 2. The summed E-state index contributed by atoms with van der Waals surface area (Å²) < 4.78 is 8.05. The first-order chi connectivity index (χ1) is 14.7. The van der Waals surface area contributed by atoms with Crippen molar-refractivity contribution in [2.45, 2.75) is 33.5 Å². The predicted octanol–water partition coefficient (Wildman–Crippen LogP) is 5.17. The Labute approximate surface area is 189 Å². The van der Waals surface area contributed by atoms with E-state index in [0.717, 1.165) is 47.0 Å². The number of hydrogen-bond donors (Lipinski definition) is 1. The van der Waals surface area contributed by atoms with Gasteiger partial charge in [0.1, 0.15) is 12.4 Å². The highest BCUT2D eigenvalue weighted by atomic mass is 35.5. The fourth-order valence-electron chi connectivity index (χ4n) is 3.51. The summed E-state index contributed by atoms with van der Waals surface area (Å²) >= 11 is 0. The minimum absolute atomic E-state index is 0. The van der Waals surface area contributed by atoms with Crippen molar-refractivity contribution >= 4 is 12.4 Å². The number of halogens is 1. The minimum atomic E-state index is 0. The Kier molecular flexibility index (Phi) is 7.82. The van der Waals surface area contributed by atoms with Gasteiger partial charge in [-0.1, -0.05) is 42.5 Å². The zero-order valence-corrected chi connectivity index (χ0v) is 18.6. The number of aryl methyl sites for hydroxylation is 1. The van der Waals surface area contributed by atoms with Crippen molar-refractivity contribution in [1.82, 2.24) is 20.1 Å². The molecule has 0 spiro atoms. The lowest BCUT2D eigenvalue weighted by atomic mass is 10.1. The van der Waals surface area contributed by atoms with Crippen LogP contribution in [0.5, 0.6) is 5.75 Å². The van der Waals surface area contributed by atoms with Crippen molar-refractivity contribution in [3.05, 3.63) is 107 Å². The van der Waals surface area contributed by atoms with Crippen LogP contribution in [-0.2, 0) is 19.7 Å². The maximum absolute atomic E-state index is 6.04. The molecule has 0 amide bonds. The molecule has 2 aromatic carbocycles. The van der Waals surface area contributed by atoms with Gasteiger partial charge >= 0.3 is 0 Å². The van der Waals surface area contributed by atoms with E-state index in [1.54, 1.807) is 6.20 Å². The SMILES string of the molecule is Cc1nn(-c2ccccc2)c(C)c1CNCc1ccccc1OCc1cccnc1.Cl. The Morgan fingerprint density at radius 3 is 2.45 bits per heavy atom. The van der Waals surface area contributed by atoms with Gasteiger partial charge in [0.2, 0.25) is 0 Å². The molecule has 4 rings (SSSR count). The molecule has 0 atom stereocenters. The van der Waals surface area contributed by atoms with Crippen LogP contribution in [0.15, 0.2) is 79.1 Å². The van der Waals surface area contributed by atoms with Gasteiger partial charge in [-0.3, -0.25) is 4.98 Å². The molecule has 2 heterocycles. The lowest BCUT2D eigenvalue weighted by Gasteiger charge is -2.12. The molecular formula is C25H27ClN4O. The smallest absolute Gasteiger partial charge is 0.124 e. The van der Waals surface area contributed by atoms with E-state index in [-0.39, 0.29) is 12.4 Å². The van der Waals surface area contributed by atoms with Crippen LogP contribution in [0.3, 0.4) is 0 Å². The van der Waals surface area contributed by atoms with Gasteiger partial charge in [-0.05, 0) is 38.1 Å². The zero-order valence-electron chi connectivity index (χ0n) is 17.8. The maximum Gasteiger partial charge on any atom is 0.124 e. The third-order valence-electron chi connectivity index (χ3n) is 5.15. The molecule has 0 saturated heterocycles. The molecule has 0 aliphatic rings. The first-order valence-corrected chi connectivity index (χ1v) is 10.1. The van der Waals surface area contributed by atoms with Crippen LogP contribution >= 0.6 is 12.4 Å². The van der Waals surface area contributed by atoms with E-state index in [2.05, 4.69) is 42.3 Å². The van der Waals surface area contributed by atoms with Crippen LogP contribution in [0.2, 0.25) is 0 Å². The third-order valence-corrected chi connectivity index (χ3v) is 5.15. The number of hydrogen-bond acceptors (Lipinski definition) is 4. The summed E-state index contributed by atoms with van der Waals surface area (Å²) in [7, 11) is 0. The average Bonchev–Trinajstić information content (AvgIpc) is 3.08. The Bertz CT molecular complexity index is 1100. The highest BCUT2D eigenvalue weighted by Crippen LogP contribution is 2.21. The summed E-state index contributed by atoms with van der Waals surface area (Å²) in [6.07, 6.45) is 3.60. The molecule has 0 saturated carbocycles. The first-order valence-electron chi connectivity index (χ1n) is 10.1. The second-order valence-corrected chi connectivity index (χ2v) is 7.26.